The van der Waals surface area contributed by atoms with Gasteiger partial charge < -0.3 is 0 Å². The molecular weight excluding hydrogens is 204 g/mol. The van der Waals surface area contributed by atoms with Gasteiger partial charge in [-0.3, -0.25) is 4.90 Å². The minimum atomic E-state index is 0.115. The van der Waals surface area contributed by atoms with Crippen LogP contribution in [0.1, 0.15) is 12.8 Å². The predicted molar refractivity (Wildman–Crippen MR) is 48.3 cm³/mol. The lowest BCUT2D eigenvalue weighted by Gasteiger charge is -2.17. The van der Waals surface area contributed by atoms with Gasteiger partial charge in [0.25, 0.3) is 0 Å². The largest absolute Gasteiger partial charge is 0.283 e. The van der Waals surface area contributed by atoms with E-state index in [4.69, 9.17) is 5.26 Å². The zero-order chi connectivity index (χ0) is 8.27. The average Bonchev–Trinajstić information content (AvgIpc) is 2.34. The smallest absolute Gasteiger partial charge is 0.0981 e. The van der Waals surface area contributed by atoms with Gasteiger partial charge in [-0.1, -0.05) is 22.5 Å². The van der Waals surface area contributed by atoms with Crippen molar-refractivity contribution in [2.45, 2.75) is 18.9 Å². The predicted octanol–water partition coefficient (Wildman–Crippen LogP) is 1.88. The van der Waals surface area contributed by atoms with E-state index in [1.54, 1.807) is 0 Å². The van der Waals surface area contributed by atoms with Gasteiger partial charge in [-0.05, 0) is 19.4 Å². The van der Waals surface area contributed by atoms with Crippen LogP contribution in [-0.4, -0.2) is 24.0 Å². The summed E-state index contributed by atoms with van der Waals surface area (Å²) >= 11 is 3.30. The molecule has 0 spiro atoms. The topological polar surface area (TPSA) is 27.0 Å². The first kappa shape index (κ1) is 8.76. The molecule has 0 radical (unpaired) electrons. The standard InChI is InChI=1S/C8H11BrN2/c1-7(9)6-11-4-2-3-8(11)5-10/h8H,1-4,6H2. The summed E-state index contributed by atoms with van der Waals surface area (Å²) in [6.45, 7) is 5.59. The Morgan fingerprint density at radius 3 is 3.09 bits per heavy atom. The number of nitrogens with zero attached hydrogens (tertiary/aromatic N) is 2. The van der Waals surface area contributed by atoms with E-state index in [9.17, 15) is 0 Å². The van der Waals surface area contributed by atoms with Gasteiger partial charge in [-0.15, -0.1) is 0 Å². The molecule has 11 heavy (non-hydrogen) atoms. The number of likely N-dealkylation sites (tertiary alicyclic amines) is 1. The lowest BCUT2D eigenvalue weighted by atomic mass is 10.2. The molecule has 2 nitrogen and oxygen atoms in total. The molecule has 1 rings (SSSR count). The van der Waals surface area contributed by atoms with Gasteiger partial charge in [0.15, 0.2) is 0 Å². The molecule has 3 heteroatoms. The summed E-state index contributed by atoms with van der Waals surface area (Å²) in [5.41, 5.74) is 0. The van der Waals surface area contributed by atoms with Crippen LogP contribution in [0.25, 0.3) is 0 Å². The van der Waals surface area contributed by atoms with Crippen LogP contribution in [-0.2, 0) is 0 Å². The first-order valence-corrected chi connectivity index (χ1v) is 4.50. The van der Waals surface area contributed by atoms with Crippen molar-refractivity contribution >= 4 is 15.9 Å². The zero-order valence-corrected chi connectivity index (χ0v) is 7.97. The number of nitriles is 1. The second-order valence-electron chi connectivity index (χ2n) is 2.77. The number of hydrogen-bond acceptors (Lipinski definition) is 2. The average molecular weight is 215 g/mol. The highest BCUT2D eigenvalue weighted by Gasteiger charge is 2.23. The first-order chi connectivity index (χ1) is 5.24. The maximum absolute atomic E-state index is 8.71. The van der Waals surface area contributed by atoms with Crippen molar-refractivity contribution in [2.75, 3.05) is 13.1 Å². The Morgan fingerprint density at radius 2 is 2.55 bits per heavy atom. The fourth-order valence-corrected chi connectivity index (χ4v) is 1.70. The molecule has 0 amide bonds. The van der Waals surface area contributed by atoms with Gasteiger partial charge in [0.2, 0.25) is 0 Å². The van der Waals surface area contributed by atoms with E-state index in [0.29, 0.717) is 0 Å². The monoisotopic (exact) mass is 214 g/mol. The van der Waals surface area contributed by atoms with Crippen LogP contribution in [0, 0.1) is 11.3 Å². The van der Waals surface area contributed by atoms with E-state index in [2.05, 4.69) is 33.5 Å². The van der Waals surface area contributed by atoms with E-state index in [0.717, 1.165) is 30.4 Å². The van der Waals surface area contributed by atoms with Crippen molar-refractivity contribution < 1.29 is 0 Å². The van der Waals surface area contributed by atoms with Crippen LogP contribution >= 0.6 is 15.9 Å². The molecule has 1 unspecified atom stereocenters. The summed E-state index contributed by atoms with van der Waals surface area (Å²) in [7, 11) is 0. The van der Waals surface area contributed by atoms with E-state index in [-0.39, 0.29) is 6.04 Å². The number of hydrogen-bond donors (Lipinski definition) is 0. The van der Waals surface area contributed by atoms with Crippen LogP contribution in [0.4, 0.5) is 0 Å². The maximum Gasteiger partial charge on any atom is 0.0981 e. The normalized spacial score (nSPS) is 24.9. The molecule has 60 valence electrons. The molecule has 1 heterocycles. The van der Waals surface area contributed by atoms with Crippen molar-refractivity contribution in [1.82, 2.24) is 4.90 Å². The molecule has 0 aliphatic carbocycles. The summed E-state index contributed by atoms with van der Waals surface area (Å²) in [5.74, 6) is 0. The molecule has 1 atom stereocenters. The third kappa shape index (κ3) is 2.32. The summed E-state index contributed by atoms with van der Waals surface area (Å²) in [6, 6.07) is 2.40. The van der Waals surface area contributed by atoms with Gasteiger partial charge in [0.05, 0.1) is 12.1 Å². The Balaban J connectivity index is 2.45. The van der Waals surface area contributed by atoms with Crippen LogP contribution in [0.3, 0.4) is 0 Å². The van der Waals surface area contributed by atoms with Crippen LogP contribution in [0.5, 0.6) is 0 Å². The van der Waals surface area contributed by atoms with Gasteiger partial charge in [0, 0.05) is 11.0 Å². The van der Waals surface area contributed by atoms with Crippen molar-refractivity contribution in [1.29, 1.82) is 5.26 Å². The highest BCUT2D eigenvalue weighted by Crippen LogP contribution is 2.18. The highest BCUT2D eigenvalue weighted by atomic mass is 79.9. The van der Waals surface area contributed by atoms with E-state index in [1.165, 1.54) is 0 Å². The summed E-state index contributed by atoms with van der Waals surface area (Å²) in [6.07, 6.45) is 2.15. The minimum absolute atomic E-state index is 0.115. The Bertz CT molecular complexity index is 195. The molecule has 1 aliphatic rings. The molecule has 0 aromatic heterocycles. The van der Waals surface area contributed by atoms with Crippen LogP contribution in [0.15, 0.2) is 11.1 Å². The van der Waals surface area contributed by atoms with E-state index >= 15 is 0 Å². The summed E-state index contributed by atoms with van der Waals surface area (Å²) in [5, 5.41) is 8.71. The van der Waals surface area contributed by atoms with Gasteiger partial charge in [-0.2, -0.15) is 5.26 Å². The van der Waals surface area contributed by atoms with Crippen molar-refractivity contribution in [3.8, 4) is 6.07 Å². The Labute approximate surface area is 75.6 Å². The Kier molecular flexibility index (Phi) is 3.10. The zero-order valence-electron chi connectivity index (χ0n) is 6.39. The van der Waals surface area contributed by atoms with Gasteiger partial charge in [0.1, 0.15) is 0 Å². The lowest BCUT2D eigenvalue weighted by molar-refractivity contribution is 0.326. The summed E-state index contributed by atoms with van der Waals surface area (Å²) < 4.78 is 0.958. The molecule has 0 aromatic rings. The lowest BCUT2D eigenvalue weighted by Crippen LogP contribution is -2.28. The third-order valence-electron chi connectivity index (χ3n) is 1.89. The highest BCUT2D eigenvalue weighted by molar-refractivity contribution is 9.11. The quantitative estimate of drug-likeness (QED) is 0.703. The third-order valence-corrected chi connectivity index (χ3v) is 2.14. The molecule has 1 fully saturated rings. The van der Waals surface area contributed by atoms with E-state index in [1.807, 2.05) is 0 Å². The fourth-order valence-electron chi connectivity index (χ4n) is 1.38. The second kappa shape index (κ2) is 3.89. The second-order valence-corrected chi connectivity index (χ2v) is 3.90. The van der Waals surface area contributed by atoms with Gasteiger partial charge in [-0.25, -0.2) is 0 Å². The molecule has 0 N–H and O–H groups in total. The van der Waals surface area contributed by atoms with Crippen LogP contribution < -0.4 is 0 Å². The maximum atomic E-state index is 8.71. The molecule has 0 aromatic carbocycles. The Hall–Kier alpha value is -0.330. The van der Waals surface area contributed by atoms with Crippen molar-refractivity contribution in [3.05, 3.63) is 11.1 Å². The SMILES string of the molecule is C=C(Br)CN1CCCC1C#N. The van der Waals surface area contributed by atoms with E-state index < -0.39 is 0 Å². The Morgan fingerprint density at radius 1 is 1.82 bits per heavy atom. The number of halogens is 1. The summed E-state index contributed by atoms with van der Waals surface area (Å²) in [4.78, 5) is 2.15. The molecule has 0 saturated carbocycles. The molecule has 0 bridgehead atoms. The minimum Gasteiger partial charge on any atom is -0.283 e. The van der Waals surface area contributed by atoms with Gasteiger partial charge >= 0.3 is 0 Å². The number of rotatable bonds is 2. The van der Waals surface area contributed by atoms with Crippen molar-refractivity contribution in [2.24, 2.45) is 0 Å². The molecular formula is C8H11BrN2. The van der Waals surface area contributed by atoms with Crippen molar-refractivity contribution in [3.63, 3.8) is 0 Å². The van der Waals surface area contributed by atoms with Crippen LogP contribution in [0.2, 0.25) is 0 Å². The molecule has 1 aliphatic heterocycles. The molecule has 1 saturated heterocycles. The fraction of sp³-hybridized carbons (Fsp3) is 0.625. The first-order valence-electron chi connectivity index (χ1n) is 3.71.